The number of carbonyl (C=O) groups is 2. The molecule has 0 aliphatic carbocycles. The molecular formula is C21H23N3O7S. The fraction of sp³-hybridized carbons (Fsp3) is 0.333. The number of nitrogens with zero attached hydrogens (tertiary/aromatic N) is 1. The molecule has 0 saturated carbocycles. The normalized spacial score (nSPS) is 18.6. The highest BCUT2D eigenvalue weighted by atomic mass is 32.2. The van der Waals surface area contributed by atoms with Crippen LogP contribution in [0.2, 0.25) is 0 Å². The lowest BCUT2D eigenvalue weighted by Crippen LogP contribution is -2.51. The van der Waals surface area contributed by atoms with Gasteiger partial charge in [0.1, 0.15) is 6.61 Å². The third kappa shape index (κ3) is 4.54. The second-order valence-corrected chi connectivity index (χ2v) is 9.24. The van der Waals surface area contributed by atoms with Gasteiger partial charge in [-0.2, -0.15) is 4.31 Å². The molecule has 2 aliphatic heterocycles. The Labute approximate surface area is 185 Å². The number of amides is 2. The number of benzene rings is 2. The zero-order valence-electron chi connectivity index (χ0n) is 17.4. The third-order valence-electron chi connectivity index (χ3n) is 5.16. The topological polar surface area (TPSA) is 123 Å². The number of carbonyl (C=O) groups excluding carboxylic acids is 2. The number of ether oxygens (including phenoxy) is 3. The van der Waals surface area contributed by atoms with E-state index < -0.39 is 27.9 Å². The molecule has 0 spiro atoms. The Balaban J connectivity index is 1.42. The van der Waals surface area contributed by atoms with Crippen LogP contribution in [-0.4, -0.2) is 63.6 Å². The number of nitrogens with one attached hydrogen (secondary N) is 2. The van der Waals surface area contributed by atoms with E-state index in [2.05, 4.69) is 10.9 Å². The van der Waals surface area contributed by atoms with Crippen LogP contribution in [0.3, 0.4) is 0 Å². The molecule has 2 heterocycles. The van der Waals surface area contributed by atoms with Crippen molar-refractivity contribution in [2.75, 3.05) is 32.9 Å². The monoisotopic (exact) mass is 461 g/mol. The minimum absolute atomic E-state index is 0.00194. The lowest BCUT2D eigenvalue weighted by molar-refractivity contribution is -0.131. The average molecular weight is 461 g/mol. The number of rotatable bonds is 4. The zero-order chi connectivity index (χ0) is 22.7. The van der Waals surface area contributed by atoms with Crippen molar-refractivity contribution in [3.05, 3.63) is 53.6 Å². The summed E-state index contributed by atoms with van der Waals surface area (Å²) in [5.41, 5.74) is 5.32. The lowest BCUT2D eigenvalue weighted by atomic mass is 10.1. The van der Waals surface area contributed by atoms with Crippen molar-refractivity contribution in [2.45, 2.75) is 17.9 Å². The predicted octanol–water partition coefficient (Wildman–Crippen LogP) is 0.617. The maximum atomic E-state index is 12.9. The number of fused-ring (bicyclic) bond motifs is 1. The molecule has 0 unspecified atom stereocenters. The van der Waals surface area contributed by atoms with Crippen molar-refractivity contribution in [1.82, 2.24) is 15.2 Å². The molecule has 10 nitrogen and oxygen atoms in total. The number of hydrazine groups is 1. The number of para-hydroxylation sites is 2. The minimum atomic E-state index is -3.76. The van der Waals surface area contributed by atoms with Crippen molar-refractivity contribution in [1.29, 1.82) is 0 Å². The van der Waals surface area contributed by atoms with E-state index in [0.717, 1.165) is 0 Å². The van der Waals surface area contributed by atoms with Crippen LogP contribution in [0.25, 0.3) is 0 Å². The highest BCUT2D eigenvalue weighted by Crippen LogP contribution is 2.30. The molecule has 32 heavy (non-hydrogen) atoms. The standard InChI is InChI=1S/C21H23N3O7S/c1-14-6-7-15(32(27,28)24-8-10-29-11-9-24)12-16(14)20(25)22-23-21(26)19-13-30-17-4-2-3-5-18(17)31-19/h2-7,12,19H,8-11,13H2,1H3,(H,22,25)(H,23,26)/t19-/m1/s1. The van der Waals surface area contributed by atoms with E-state index in [1.165, 1.54) is 16.4 Å². The molecule has 170 valence electrons. The summed E-state index contributed by atoms with van der Waals surface area (Å²) in [7, 11) is -3.76. The zero-order valence-corrected chi connectivity index (χ0v) is 18.2. The summed E-state index contributed by atoms with van der Waals surface area (Å²) in [4.78, 5) is 25.1. The molecule has 2 N–H and O–H groups in total. The summed E-state index contributed by atoms with van der Waals surface area (Å²) in [5, 5.41) is 0. The molecule has 1 saturated heterocycles. The highest BCUT2D eigenvalue weighted by Gasteiger charge is 2.29. The smallest absolute Gasteiger partial charge is 0.283 e. The molecule has 4 rings (SSSR count). The summed E-state index contributed by atoms with van der Waals surface area (Å²) >= 11 is 0. The summed E-state index contributed by atoms with van der Waals surface area (Å²) in [5.74, 6) is -0.272. The first kappa shape index (κ1) is 22.1. The molecule has 1 fully saturated rings. The van der Waals surface area contributed by atoms with E-state index in [1.54, 1.807) is 37.3 Å². The SMILES string of the molecule is Cc1ccc(S(=O)(=O)N2CCOCC2)cc1C(=O)NNC(=O)[C@H]1COc2ccccc2O1. The molecular weight excluding hydrogens is 438 g/mol. The number of sulfonamides is 1. The van der Waals surface area contributed by atoms with Gasteiger partial charge in [0.2, 0.25) is 16.1 Å². The first-order chi connectivity index (χ1) is 15.4. The largest absolute Gasteiger partial charge is 0.485 e. The predicted molar refractivity (Wildman–Crippen MR) is 113 cm³/mol. The van der Waals surface area contributed by atoms with Crippen molar-refractivity contribution in [3.8, 4) is 11.5 Å². The second-order valence-electron chi connectivity index (χ2n) is 7.30. The Kier molecular flexibility index (Phi) is 6.31. The number of aryl methyl sites for hydroxylation is 1. The fourth-order valence-electron chi connectivity index (χ4n) is 3.36. The van der Waals surface area contributed by atoms with Crippen molar-refractivity contribution in [3.63, 3.8) is 0 Å². The van der Waals surface area contributed by atoms with Crippen LogP contribution in [0.5, 0.6) is 11.5 Å². The van der Waals surface area contributed by atoms with Crippen LogP contribution >= 0.6 is 0 Å². The van der Waals surface area contributed by atoms with Crippen LogP contribution < -0.4 is 20.3 Å². The van der Waals surface area contributed by atoms with Gasteiger partial charge in [0.15, 0.2) is 11.5 Å². The van der Waals surface area contributed by atoms with Crippen LogP contribution in [0.15, 0.2) is 47.4 Å². The highest BCUT2D eigenvalue weighted by molar-refractivity contribution is 7.89. The lowest BCUT2D eigenvalue weighted by Gasteiger charge is -2.26. The van der Waals surface area contributed by atoms with E-state index in [4.69, 9.17) is 14.2 Å². The molecule has 0 radical (unpaired) electrons. The van der Waals surface area contributed by atoms with Gasteiger partial charge in [0.05, 0.1) is 18.1 Å². The van der Waals surface area contributed by atoms with Crippen molar-refractivity contribution >= 4 is 21.8 Å². The maximum absolute atomic E-state index is 12.9. The first-order valence-electron chi connectivity index (χ1n) is 10.0. The molecule has 0 aromatic heterocycles. The number of morpholine rings is 1. The Morgan fingerprint density at radius 1 is 1.03 bits per heavy atom. The molecule has 2 aromatic rings. The van der Waals surface area contributed by atoms with Gasteiger partial charge in [-0.25, -0.2) is 8.42 Å². The number of hydrogen-bond acceptors (Lipinski definition) is 7. The Bertz CT molecular complexity index is 1130. The molecule has 2 aliphatic rings. The van der Waals surface area contributed by atoms with Gasteiger partial charge < -0.3 is 14.2 Å². The van der Waals surface area contributed by atoms with Crippen molar-refractivity contribution in [2.24, 2.45) is 0 Å². The van der Waals surface area contributed by atoms with Gasteiger partial charge in [-0.05, 0) is 36.8 Å². The Morgan fingerprint density at radius 3 is 2.50 bits per heavy atom. The summed E-state index contributed by atoms with van der Waals surface area (Å²) in [6, 6.07) is 11.3. The molecule has 0 bridgehead atoms. The van der Waals surface area contributed by atoms with Gasteiger partial charge in [0.25, 0.3) is 11.8 Å². The molecule has 1 atom stereocenters. The summed E-state index contributed by atoms with van der Waals surface area (Å²) in [6.07, 6.45) is -0.945. The number of hydrogen-bond donors (Lipinski definition) is 2. The van der Waals surface area contributed by atoms with Crippen LogP contribution in [-0.2, 0) is 19.6 Å². The molecule has 11 heteroatoms. The third-order valence-corrected chi connectivity index (χ3v) is 7.06. The van der Waals surface area contributed by atoms with Crippen LogP contribution in [0, 0.1) is 6.92 Å². The summed E-state index contributed by atoms with van der Waals surface area (Å²) in [6.45, 7) is 2.81. The quantitative estimate of drug-likeness (QED) is 0.640. The van der Waals surface area contributed by atoms with Crippen molar-refractivity contribution < 1.29 is 32.2 Å². The van der Waals surface area contributed by atoms with E-state index in [1.807, 2.05) is 0 Å². The Hall–Kier alpha value is -3.15. The first-order valence-corrected chi connectivity index (χ1v) is 11.5. The average Bonchev–Trinajstić information content (AvgIpc) is 2.82. The van der Waals surface area contributed by atoms with E-state index in [0.29, 0.717) is 30.3 Å². The van der Waals surface area contributed by atoms with Gasteiger partial charge >= 0.3 is 0 Å². The fourth-order valence-corrected chi connectivity index (χ4v) is 4.79. The van der Waals surface area contributed by atoms with Gasteiger partial charge in [-0.1, -0.05) is 18.2 Å². The Morgan fingerprint density at radius 2 is 1.75 bits per heavy atom. The maximum Gasteiger partial charge on any atom is 0.283 e. The van der Waals surface area contributed by atoms with Crippen LogP contribution in [0.4, 0.5) is 0 Å². The van der Waals surface area contributed by atoms with Crippen LogP contribution in [0.1, 0.15) is 15.9 Å². The van der Waals surface area contributed by atoms with Gasteiger partial charge in [-0.15, -0.1) is 0 Å². The van der Waals surface area contributed by atoms with E-state index in [-0.39, 0.29) is 30.2 Å². The summed E-state index contributed by atoms with van der Waals surface area (Å²) < 4.78 is 43.4. The van der Waals surface area contributed by atoms with Gasteiger partial charge in [-0.3, -0.25) is 20.4 Å². The van der Waals surface area contributed by atoms with E-state index >= 15 is 0 Å². The minimum Gasteiger partial charge on any atom is -0.485 e. The molecule has 2 amide bonds. The van der Waals surface area contributed by atoms with E-state index in [9.17, 15) is 18.0 Å². The second kappa shape index (κ2) is 9.15. The molecule has 2 aromatic carbocycles. The van der Waals surface area contributed by atoms with Gasteiger partial charge in [0, 0.05) is 18.7 Å².